The minimum Gasteiger partial charge on any atom is -0.456 e. The minimum absolute atomic E-state index is 0.168. The third kappa shape index (κ3) is 6.57. The summed E-state index contributed by atoms with van der Waals surface area (Å²) in [5.74, 6) is 0.0783. The molecule has 7 aromatic rings. The fourth-order valence-corrected chi connectivity index (χ4v) is 6.12. The second-order valence-corrected chi connectivity index (χ2v) is 12.2. The first-order valence-electron chi connectivity index (χ1n) is 15.3. The van der Waals surface area contributed by atoms with Gasteiger partial charge in [0.15, 0.2) is 11.2 Å². The SMILES string of the molecule is O=C(N[C@H](Cc1c[nH]c2ccccc12)[C@@H](O)NCCc1c[nH]c2ccccc12)c1cc(=O)c2c(Oc3ccc(Br)cc3)cccc2o1. The van der Waals surface area contributed by atoms with E-state index in [1.807, 2.05) is 67.0 Å². The van der Waals surface area contributed by atoms with Crippen molar-refractivity contribution in [3.05, 3.63) is 141 Å². The number of carbonyl (C=O) groups excluding carboxylic acids is 1. The number of nitrogens with one attached hydrogen (secondary N) is 4. The lowest BCUT2D eigenvalue weighted by molar-refractivity contribution is 0.0719. The Labute approximate surface area is 277 Å². The number of carbonyl (C=O) groups is 1. The minimum atomic E-state index is -1.10. The molecule has 0 aliphatic rings. The molecule has 9 nitrogen and oxygen atoms in total. The van der Waals surface area contributed by atoms with E-state index in [4.69, 9.17) is 9.15 Å². The first kappa shape index (κ1) is 30.5. The van der Waals surface area contributed by atoms with Crippen LogP contribution < -0.4 is 20.8 Å². The number of fused-ring (bicyclic) bond motifs is 3. The van der Waals surface area contributed by atoms with Gasteiger partial charge < -0.3 is 29.5 Å². The van der Waals surface area contributed by atoms with Gasteiger partial charge in [-0.3, -0.25) is 14.9 Å². The predicted octanol–water partition coefficient (Wildman–Crippen LogP) is 6.80. The van der Waals surface area contributed by atoms with Crippen LogP contribution in [0, 0.1) is 0 Å². The summed E-state index contributed by atoms with van der Waals surface area (Å²) in [6.07, 6.45) is 3.74. The first-order chi connectivity index (χ1) is 22.9. The van der Waals surface area contributed by atoms with Gasteiger partial charge in [0.25, 0.3) is 5.91 Å². The molecule has 0 saturated carbocycles. The van der Waals surface area contributed by atoms with E-state index in [1.165, 1.54) is 0 Å². The molecule has 0 fully saturated rings. The summed E-state index contributed by atoms with van der Waals surface area (Å²) in [5.41, 5.74) is 3.85. The van der Waals surface area contributed by atoms with E-state index in [0.717, 1.165) is 43.5 Å². The van der Waals surface area contributed by atoms with Gasteiger partial charge in [0.05, 0.1) is 6.04 Å². The smallest absolute Gasteiger partial charge is 0.287 e. The number of ether oxygens (including phenoxy) is 1. The molecule has 10 heteroatoms. The van der Waals surface area contributed by atoms with Crippen LogP contribution >= 0.6 is 15.9 Å². The predicted molar refractivity (Wildman–Crippen MR) is 186 cm³/mol. The second-order valence-electron chi connectivity index (χ2n) is 11.3. The number of benzene rings is 4. The zero-order valence-electron chi connectivity index (χ0n) is 25.1. The molecule has 0 aliphatic heterocycles. The van der Waals surface area contributed by atoms with E-state index in [9.17, 15) is 14.7 Å². The highest BCUT2D eigenvalue weighted by Gasteiger charge is 2.25. The number of halogens is 1. The molecule has 4 aromatic carbocycles. The van der Waals surface area contributed by atoms with Gasteiger partial charge in [-0.25, -0.2) is 0 Å². The topological polar surface area (TPSA) is 132 Å². The van der Waals surface area contributed by atoms with E-state index in [1.54, 1.807) is 30.3 Å². The van der Waals surface area contributed by atoms with Gasteiger partial charge in [-0.05, 0) is 72.5 Å². The molecule has 0 aliphatic carbocycles. The lowest BCUT2D eigenvalue weighted by Crippen LogP contribution is -2.51. The average Bonchev–Trinajstić information content (AvgIpc) is 3.69. The molecule has 0 radical (unpaired) electrons. The van der Waals surface area contributed by atoms with E-state index in [2.05, 4.69) is 42.6 Å². The molecule has 5 N–H and O–H groups in total. The molecule has 0 unspecified atom stereocenters. The summed E-state index contributed by atoms with van der Waals surface area (Å²) in [6.45, 7) is 0.468. The quantitative estimate of drug-likeness (QED) is 0.0949. The van der Waals surface area contributed by atoms with Crippen molar-refractivity contribution in [2.45, 2.75) is 25.1 Å². The summed E-state index contributed by atoms with van der Waals surface area (Å²) in [5, 5.41) is 19.8. The largest absolute Gasteiger partial charge is 0.456 e. The molecule has 3 heterocycles. The number of aliphatic hydroxyl groups is 1. The van der Waals surface area contributed by atoms with Gasteiger partial charge in [-0.1, -0.05) is 58.4 Å². The number of H-pyrrole nitrogens is 2. The standard InChI is InChI=1S/C37H31BrN4O5/c38-24-12-14-25(15-13-24)46-32-10-5-11-33-35(32)31(43)19-34(47-33)37(45)42-30(18-23-21-41-29-9-4-2-7-27(23)29)36(44)39-17-16-22-20-40-28-8-3-1-6-26(22)28/h1-15,19-21,30,36,39-41,44H,16-18H2,(H,42,45)/t30-,36-/m1/s1. The van der Waals surface area contributed by atoms with Crippen molar-refractivity contribution < 1.29 is 19.1 Å². The highest BCUT2D eigenvalue weighted by molar-refractivity contribution is 9.10. The van der Waals surface area contributed by atoms with Crippen LogP contribution in [0.25, 0.3) is 32.8 Å². The third-order valence-electron chi connectivity index (χ3n) is 8.22. The Kier molecular flexibility index (Phi) is 8.62. The van der Waals surface area contributed by atoms with E-state index in [-0.39, 0.29) is 16.7 Å². The van der Waals surface area contributed by atoms with Crippen LogP contribution in [-0.4, -0.2) is 39.8 Å². The zero-order chi connectivity index (χ0) is 32.3. The second kappa shape index (κ2) is 13.3. The van der Waals surface area contributed by atoms with Crippen LogP contribution in [0.4, 0.5) is 0 Å². The number of hydrogen-bond donors (Lipinski definition) is 5. The monoisotopic (exact) mass is 690 g/mol. The number of aliphatic hydroxyl groups excluding tert-OH is 1. The first-order valence-corrected chi connectivity index (χ1v) is 16.0. The summed E-state index contributed by atoms with van der Waals surface area (Å²) in [7, 11) is 0. The Bertz CT molecular complexity index is 2260. The van der Waals surface area contributed by atoms with Gasteiger partial charge in [0.1, 0.15) is 28.7 Å². The van der Waals surface area contributed by atoms with E-state index < -0.39 is 23.6 Å². The molecule has 1 amide bonds. The van der Waals surface area contributed by atoms with Crippen LogP contribution in [0.15, 0.2) is 123 Å². The Hall–Kier alpha value is -5.16. The molecule has 7 rings (SSSR count). The van der Waals surface area contributed by atoms with Crippen molar-refractivity contribution in [3.63, 3.8) is 0 Å². The summed E-state index contributed by atoms with van der Waals surface area (Å²) < 4.78 is 12.8. The third-order valence-corrected chi connectivity index (χ3v) is 8.75. The van der Waals surface area contributed by atoms with Crippen molar-refractivity contribution in [1.82, 2.24) is 20.6 Å². The number of rotatable bonds is 11. The molecule has 0 spiro atoms. The van der Waals surface area contributed by atoms with E-state index >= 15 is 0 Å². The van der Waals surface area contributed by atoms with Crippen LogP contribution in [0.5, 0.6) is 11.5 Å². The van der Waals surface area contributed by atoms with Gasteiger partial charge >= 0.3 is 0 Å². The number of aromatic nitrogens is 2. The zero-order valence-corrected chi connectivity index (χ0v) is 26.7. The van der Waals surface area contributed by atoms with Crippen molar-refractivity contribution in [2.24, 2.45) is 0 Å². The van der Waals surface area contributed by atoms with Crippen LogP contribution in [0.2, 0.25) is 0 Å². The fraction of sp³-hybridized carbons (Fsp3) is 0.135. The Morgan fingerprint density at radius 3 is 2.30 bits per heavy atom. The lowest BCUT2D eigenvalue weighted by atomic mass is 10.0. The number of para-hydroxylation sites is 2. The summed E-state index contributed by atoms with van der Waals surface area (Å²) in [4.78, 5) is 33.5. The fourth-order valence-electron chi connectivity index (χ4n) is 5.86. The maximum Gasteiger partial charge on any atom is 0.287 e. The van der Waals surface area contributed by atoms with Crippen molar-refractivity contribution in [2.75, 3.05) is 6.54 Å². The highest BCUT2D eigenvalue weighted by Crippen LogP contribution is 2.29. The molecule has 236 valence electrons. The van der Waals surface area contributed by atoms with Crippen LogP contribution in [0.1, 0.15) is 21.7 Å². The van der Waals surface area contributed by atoms with Crippen molar-refractivity contribution in [3.8, 4) is 11.5 Å². The van der Waals surface area contributed by atoms with E-state index in [0.29, 0.717) is 30.9 Å². The molecule has 3 aromatic heterocycles. The molecule has 47 heavy (non-hydrogen) atoms. The Morgan fingerprint density at radius 1 is 0.872 bits per heavy atom. The number of hydrogen-bond acceptors (Lipinski definition) is 6. The molecule has 0 bridgehead atoms. The Morgan fingerprint density at radius 2 is 1.55 bits per heavy atom. The maximum absolute atomic E-state index is 13.6. The maximum atomic E-state index is 13.6. The molecule has 2 atom stereocenters. The van der Waals surface area contributed by atoms with Gasteiger partial charge in [-0.15, -0.1) is 0 Å². The molecule has 0 saturated heterocycles. The lowest BCUT2D eigenvalue weighted by Gasteiger charge is -2.25. The molecular formula is C37H31BrN4O5. The van der Waals surface area contributed by atoms with Gasteiger partial charge in [0, 0.05) is 51.3 Å². The van der Waals surface area contributed by atoms with Crippen molar-refractivity contribution >= 4 is 54.6 Å². The van der Waals surface area contributed by atoms with Crippen LogP contribution in [0.3, 0.4) is 0 Å². The molecular weight excluding hydrogens is 660 g/mol. The highest BCUT2D eigenvalue weighted by atomic mass is 79.9. The average molecular weight is 692 g/mol. The number of aromatic amines is 2. The Balaban J connectivity index is 1.12. The van der Waals surface area contributed by atoms with Gasteiger partial charge in [-0.2, -0.15) is 0 Å². The van der Waals surface area contributed by atoms with Gasteiger partial charge in [0.2, 0.25) is 0 Å². The normalized spacial score (nSPS) is 12.8. The summed E-state index contributed by atoms with van der Waals surface area (Å²) >= 11 is 3.40. The van der Waals surface area contributed by atoms with Crippen molar-refractivity contribution in [1.29, 1.82) is 0 Å². The van der Waals surface area contributed by atoms with Crippen LogP contribution in [-0.2, 0) is 12.8 Å². The number of amides is 1. The summed E-state index contributed by atoms with van der Waals surface area (Å²) in [6, 6.07) is 28.5.